The monoisotopic (exact) mass is 1050 g/mol. The van der Waals surface area contributed by atoms with Gasteiger partial charge in [0.25, 0.3) is 0 Å². The lowest BCUT2D eigenvalue weighted by Crippen LogP contribution is -2.67. The van der Waals surface area contributed by atoms with Crippen LogP contribution in [0.2, 0.25) is 0 Å². The average molecular weight is 1050 g/mol. The molecule has 15 N–H and O–H groups in total. The molecule has 8 rings (SSSR count). The number of aliphatic hydroxyl groups is 15. The number of fused-ring (bicyclic) bond motifs is 5. The van der Waals surface area contributed by atoms with Crippen LogP contribution in [0.4, 0.5) is 0 Å². The Kier molecular flexibility index (Phi) is 18.6. The van der Waals surface area contributed by atoms with Crippen LogP contribution in [-0.4, -0.2) is 245 Å². The lowest BCUT2D eigenvalue weighted by atomic mass is 9.46. The maximum Gasteiger partial charge on any atom is 0.187 e. The molecule has 4 aliphatic carbocycles. The molecule has 7 fully saturated rings. The molecule has 0 aromatic carbocycles. The summed E-state index contributed by atoms with van der Waals surface area (Å²) in [6, 6.07) is 0. The SMILES string of the molecule is CCC(C)/C=C/C(CO)C1CC(O)C2[C@@H]3CC=C4[C@@H](O)[C@@H](O[C@@H]5OC(CO)[C@@H](O[C@@H]6OC(CO)[C@H](O)C(O)C6O)C(O[C@@H]6OC[C@@H](O)C(O)C6O[C@H]6OC(CO)[C@H](O)C(O)C6O)C5O)CC[C@]4(C)C3CC[C@]12C. The zero-order valence-electron chi connectivity index (χ0n) is 41.9. The summed E-state index contributed by atoms with van der Waals surface area (Å²) in [5.74, 6) is 0.560. The van der Waals surface area contributed by atoms with Crippen molar-refractivity contribution in [1.29, 1.82) is 0 Å². The van der Waals surface area contributed by atoms with E-state index in [4.69, 9.17) is 37.9 Å². The summed E-state index contributed by atoms with van der Waals surface area (Å²) in [4.78, 5) is 0. The quantitative estimate of drug-likeness (QED) is 0.0656. The van der Waals surface area contributed by atoms with E-state index in [0.29, 0.717) is 25.2 Å². The molecule has 23 nitrogen and oxygen atoms in total. The predicted molar refractivity (Wildman–Crippen MR) is 248 cm³/mol. The van der Waals surface area contributed by atoms with Crippen molar-refractivity contribution >= 4 is 0 Å². The molecule has 17 unspecified atom stereocenters. The van der Waals surface area contributed by atoms with Gasteiger partial charge < -0.3 is 114 Å². The van der Waals surface area contributed by atoms with Crippen molar-refractivity contribution in [2.24, 2.45) is 46.3 Å². The molecule has 4 aliphatic heterocycles. The Bertz CT molecular complexity index is 1860. The second-order valence-electron chi connectivity index (χ2n) is 22.5. The molecule has 3 saturated carbocycles. The molecular weight excluding hydrogens is 969 g/mol. The van der Waals surface area contributed by atoms with E-state index in [-0.39, 0.29) is 48.0 Å². The predicted octanol–water partition coefficient (Wildman–Crippen LogP) is -3.99. The molecular formula is C50H82O23. The molecule has 8 aliphatic rings. The van der Waals surface area contributed by atoms with E-state index in [0.717, 1.165) is 24.8 Å². The molecule has 0 spiro atoms. The number of allylic oxidation sites excluding steroid dienone is 2. The highest BCUT2D eigenvalue weighted by molar-refractivity contribution is 5.30. The Morgan fingerprint density at radius 1 is 0.630 bits per heavy atom. The maximum atomic E-state index is 12.3. The Morgan fingerprint density at radius 2 is 1.21 bits per heavy atom. The Hall–Kier alpha value is -1.44. The summed E-state index contributed by atoms with van der Waals surface area (Å²) in [6.45, 7) is 5.54. The van der Waals surface area contributed by atoms with Crippen LogP contribution < -0.4 is 0 Å². The van der Waals surface area contributed by atoms with Crippen molar-refractivity contribution in [2.75, 3.05) is 33.0 Å². The fourth-order valence-corrected chi connectivity index (χ4v) is 13.9. The second kappa shape index (κ2) is 23.5. The molecule has 0 aromatic rings. The molecule has 23 heteroatoms. The maximum absolute atomic E-state index is 12.3. The van der Waals surface area contributed by atoms with E-state index < -0.39 is 167 Å². The average Bonchev–Trinajstić information content (AvgIpc) is 3.65. The van der Waals surface area contributed by atoms with E-state index in [1.807, 2.05) is 6.08 Å². The minimum absolute atomic E-state index is 0.00453. The summed E-state index contributed by atoms with van der Waals surface area (Å²) >= 11 is 0. The summed E-state index contributed by atoms with van der Waals surface area (Å²) in [6.07, 6.45) is -25.7. The van der Waals surface area contributed by atoms with Crippen LogP contribution >= 0.6 is 0 Å². The molecule has 420 valence electrons. The number of ether oxygens (including phenoxy) is 8. The van der Waals surface area contributed by atoms with Crippen LogP contribution in [-0.2, 0) is 37.9 Å². The van der Waals surface area contributed by atoms with Crippen LogP contribution in [0, 0.1) is 46.3 Å². The molecule has 4 saturated heterocycles. The molecule has 0 radical (unpaired) electrons. The van der Waals surface area contributed by atoms with Gasteiger partial charge in [0.15, 0.2) is 25.2 Å². The first kappa shape index (κ1) is 57.7. The second-order valence-corrected chi connectivity index (χ2v) is 22.5. The highest BCUT2D eigenvalue weighted by atomic mass is 16.8. The molecule has 30 atom stereocenters. The first-order valence-electron chi connectivity index (χ1n) is 26.2. The van der Waals surface area contributed by atoms with Crippen molar-refractivity contribution in [3.63, 3.8) is 0 Å². The number of hydrogen-bond acceptors (Lipinski definition) is 23. The van der Waals surface area contributed by atoms with Crippen LogP contribution in [0.25, 0.3) is 0 Å². The molecule has 73 heavy (non-hydrogen) atoms. The number of hydrogen-bond donors (Lipinski definition) is 15. The van der Waals surface area contributed by atoms with Gasteiger partial charge in [-0.2, -0.15) is 0 Å². The Balaban J connectivity index is 1.04. The highest BCUT2D eigenvalue weighted by Crippen LogP contribution is 2.67. The van der Waals surface area contributed by atoms with Crippen LogP contribution in [0.1, 0.15) is 72.6 Å². The third-order valence-corrected chi connectivity index (χ3v) is 18.4. The van der Waals surface area contributed by atoms with Gasteiger partial charge in [-0.3, -0.25) is 0 Å². The van der Waals surface area contributed by atoms with Crippen molar-refractivity contribution in [1.82, 2.24) is 0 Å². The van der Waals surface area contributed by atoms with Crippen LogP contribution in [0.15, 0.2) is 23.8 Å². The number of rotatable bonds is 16. The zero-order valence-corrected chi connectivity index (χ0v) is 41.9. The van der Waals surface area contributed by atoms with Crippen LogP contribution in [0.5, 0.6) is 0 Å². The first-order chi connectivity index (χ1) is 34.7. The van der Waals surface area contributed by atoms with Gasteiger partial charge in [0, 0.05) is 12.5 Å². The minimum atomic E-state index is -1.98. The lowest BCUT2D eigenvalue weighted by Gasteiger charge is -2.59. The fraction of sp³-hybridized carbons (Fsp3) is 0.920. The molecule has 4 heterocycles. The van der Waals surface area contributed by atoms with E-state index in [2.05, 4.69) is 39.8 Å². The van der Waals surface area contributed by atoms with Crippen LogP contribution in [0.3, 0.4) is 0 Å². The Labute approximate surface area is 424 Å². The smallest absolute Gasteiger partial charge is 0.187 e. The highest BCUT2D eigenvalue weighted by Gasteiger charge is 2.64. The van der Waals surface area contributed by atoms with Crippen molar-refractivity contribution < 1.29 is 114 Å². The number of aliphatic hydroxyl groups excluding tert-OH is 15. The zero-order chi connectivity index (χ0) is 53.0. The van der Waals surface area contributed by atoms with Gasteiger partial charge in [0.1, 0.15) is 97.7 Å². The molecule has 0 aromatic heterocycles. The minimum Gasteiger partial charge on any atom is -0.396 e. The normalized spacial score (nSPS) is 52.2. The van der Waals surface area contributed by atoms with E-state index in [1.54, 1.807) is 0 Å². The largest absolute Gasteiger partial charge is 0.396 e. The van der Waals surface area contributed by atoms with Crippen molar-refractivity contribution in [3.8, 4) is 0 Å². The third kappa shape index (κ3) is 10.8. The van der Waals surface area contributed by atoms with Gasteiger partial charge in [-0.15, -0.1) is 0 Å². The first-order valence-corrected chi connectivity index (χ1v) is 26.2. The van der Waals surface area contributed by atoms with Crippen molar-refractivity contribution in [3.05, 3.63) is 23.8 Å². The van der Waals surface area contributed by atoms with E-state index in [1.165, 1.54) is 0 Å². The summed E-state index contributed by atoms with van der Waals surface area (Å²) in [5.41, 5.74) is 0.0324. The van der Waals surface area contributed by atoms with Gasteiger partial charge >= 0.3 is 0 Å². The van der Waals surface area contributed by atoms with Crippen molar-refractivity contribution in [2.45, 2.75) is 208 Å². The van der Waals surface area contributed by atoms with Gasteiger partial charge in [0.2, 0.25) is 0 Å². The van der Waals surface area contributed by atoms with E-state index in [9.17, 15) is 76.6 Å². The fourth-order valence-electron chi connectivity index (χ4n) is 13.9. The summed E-state index contributed by atoms with van der Waals surface area (Å²) in [7, 11) is 0. The Morgan fingerprint density at radius 3 is 1.79 bits per heavy atom. The van der Waals surface area contributed by atoms with Gasteiger partial charge in [-0.1, -0.05) is 52.3 Å². The third-order valence-electron chi connectivity index (χ3n) is 18.4. The summed E-state index contributed by atoms with van der Waals surface area (Å²) < 4.78 is 47.7. The standard InChI is InChI=1S/C50H82O23/c1-5-20(2)6-7-21(15-51)25-14-26(55)32-22-8-9-24-33(57)28(11-13-49(24,3)23(22)10-12-50(25,32)4)67-47-41(65)43(42(31(18-54)70-47)71-45-39(63)37(61)35(59)29(16-52)68-45)72-48-44(34(58)27(56)19-66-48)73-46-40(64)38(62)36(60)30(17-53)69-46/h6-7,9,20-23,25-48,51-65H,5,8,10-19H2,1-4H3/b7-6+/t20?,21?,22-,23?,25?,26?,27-,28+,29?,30?,31?,32?,33-,34?,35+,36+,37?,38?,39?,40?,41?,42-,43?,44?,45+,46-,47-,48+,49-,50-/m1/s1. The van der Waals surface area contributed by atoms with Gasteiger partial charge in [-0.05, 0) is 84.5 Å². The summed E-state index contributed by atoms with van der Waals surface area (Å²) in [5, 5.41) is 163. The lowest BCUT2D eigenvalue weighted by molar-refractivity contribution is -0.397. The van der Waals surface area contributed by atoms with Gasteiger partial charge in [-0.25, -0.2) is 0 Å². The molecule has 0 amide bonds. The molecule has 0 bridgehead atoms. The van der Waals surface area contributed by atoms with Gasteiger partial charge in [0.05, 0.1) is 38.6 Å². The van der Waals surface area contributed by atoms with E-state index >= 15 is 0 Å². The topological polar surface area (TPSA) is 377 Å².